The quantitative estimate of drug-likeness (QED) is 0.866. The van der Waals surface area contributed by atoms with Crippen LogP contribution in [0, 0.1) is 31.1 Å². The molecule has 6 nitrogen and oxygen atoms in total. The van der Waals surface area contributed by atoms with Crippen LogP contribution in [-0.2, 0) is 17.8 Å². The van der Waals surface area contributed by atoms with Crippen LogP contribution in [0.5, 0.6) is 5.75 Å². The average molecular weight is 390 g/mol. The Bertz CT molecular complexity index is 1030. The van der Waals surface area contributed by atoms with Crippen molar-refractivity contribution in [3.8, 4) is 22.9 Å². The molecule has 4 rings (SSSR count). The Labute approximate surface area is 171 Å². The Morgan fingerprint density at radius 1 is 1.34 bits per heavy atom. The zero-order chi connectivity index (χ0) is 20.7. The first-order chi connectivity index (χ1) is 13.9. The fourth-order valence-corrected chi connectivity index (χ4v) is 4.50. The van der Waals surface area contributed by atoms with Gasteiger partial charge in [-0.3, -0.25) is 4.79 Å². The highest BCUT2D eigenvalue weighted by Crippen LogP contribution is 2.42. The minimum atomic E-state index is 0.146. The molecule has 0 atom stereocenters. The molecule has 1 amide bonds. The average Bonchev–Trinajstić information content (AvgIpc) is 2.64. The first-order valence-electron chi connectivity index (χ1n) is 10.1. The lowest BCUT2D eigenvalue weighted by Gasteiger charge is -2.35. The second-order valence-electron chi connectivity index (χ2n) is 8.08. The maximum absolute atomic E-state index is 12.9. The molecule has 0 spiro atoms. The lowest BCUT2D eigenvalue weighted by molar-refractivity contribution is -0.139. The maximum Gasteiger partial charge on any atom is 0.225 e. The molecule has 2 aliphatic rings. The molecule has 0 unspecified atom stereocenters. The molecule has 6 heteroatoms. The standard InChI is InChI=1S/C23H26N4O2/c1-13-9-14(2)21(29-3)16(10-13)20-17(11-24)22(25)26-19-7-8-27(12-18(19)20)23(28)15-5-4-6-15/h9-10,15H,4-8,12H2,1-3H3,(H2,25,26). The number of rotatable bonds is 3. The van der Waals surface area contributed by atoms with Crippen molar-refractivity contribution in [3.63, 3.8) is 0 Å². The van der Waals surface area contributed by atoms with Crippen LogP contribution in [0.1, 0.15) is 47.2 Å². The molecule has 0 bridgehead atoms. The number of aromatic nitrogens is 1. The molecule has 29 heavy (non-hydrogen) atoms. The Kier molecular flexibility index (Phi) is 4.91. The Hall–Kier alpha value is -3.07. The van der Waals surface area contributed by atoms with Crippen molar-refractivity contribution < 1.29 is 9.53 Å². The van der Waals surface area contributed by atoms with Gasteiger partial charge >= 0.3 is 0 Å². The number of hydrogen-bond donors (Lipinski definition) is 1. The second-order valence-corrected chi connectivity index (χ2v) is 8.08. The smallest absolute Gasteiger partial charge is 0.225 e. The third-order valence-corrected chi connectivity index (χ3v) is 6.15. The number of methoxy groups -OCH3 is 1. The highest BCUT2D eigenvalue weighted by molar-refractivity contribution is 5.85. The van der Waals surface area contributed by atoms with E-state index in [9.17, 15) is 10.1 Å². The number of benzene rings is 1. The number of pyridine rings is 1. The Morgan fingerprint density at radius 2 is 2.10 bits per heavy atom. The van der Waals surface area contributed by atoms with Crippen LogP contribution < -0.4 is 10.5 Å². The van der Waals surface area contributed by atoms with Crippen molar-refractivity contribution in [2.75, 3.05) is 19.4 Å². The first-order valence-corrected chi connectivity index (χ1v) is 10.1. The fourth-order valence-electron chi connectivity index (χ4n) is 4.50. The lowest BCUT2D eigenvalue weighted by atomic mass is 9.83. The van der Waals surface area contributed by atoms with Gasteiger partial charge in [0.15, 0.2) is 0 Å². The molecule has 1 aliphatic heterocycles. The number of nitrogen functional groups attached to an aromatic ring is 1. The third-order valence-electron chi connectivity index (χ3n) is 6.15. The van der Waals surface area contributed by atoms with E-state index in [-0.39, 0.29) is 17.6 Å². The molecule has 0 saturated heterocycles. The van der Waals surface area contributed by atoms with Crippen LogP contribution in [-0.4, -0.2) is 29.4 Å². The predicted molar refractivity (Wildman–Crippen MR) is 111 cm³/mol. The summed E-state index contributed by atoms with van der Waals surface area (Å²) < 4.78 is 5.70. The summed E-state index contributed by atoms with van der Waals surface area (Å²) >= 11 is 0. The van der Waals surface area contributed by atoms with Gasteiger partial charge in [0, 0.05) is 42.1 Å². The topological polar surface area (TPSA) is 92.2 Å². The fraction of sp³-hybridized carbons (Fsp3) is 0.435. The van der Waals surface area contributed by atoms with Crippen molar-refractivity contribution in [2.45, 2.75) is 46.1 Å². The number of amides is 1. The summed E-state index contributed by atoms with van der Waals surface area (Å²) in [4.78, 5) is 19.3. The first kappa shape index (κ1) is 19.3. The number of anilines is 1. The van der Waals surface area contributed by atoms with Crippen molar-refractivity contribution in [2.24, 2.45) is 5.92 Å². The highest BCUT2D eigenvalue weighted by Gasteiger charge is 2.34. The van der Waals surface area contributed by atoms with Crippen molar-refractivity contribution in [3.05, 3.63) is 40.1 Å². The summed E-state index contributed by atoms with van der Waals surface area (Å²) in [5, 5.41) is 9.88. The number of aryl methyl sites for hydroxylation is 2. The largest absolute Gasteiger partial charge is 0.496 e. The van der Waals surface area contributed by atoms with E-state index in [1.165, 1.54) is 0 Å². The van der Waals surface area contributed by atoms with E-state index in [4.69, 9.17) is 10.5 Å². The molecular formula is C23H26N4O2. The Morgan fingerprint density at radius 3 is 2.72 bits per heavy atom. The number of carbonyl (C=O) groups excluding carboxylic acids is 1. The van der Waals surface area contributed by atoms with Gasteiger partial charge in [0.05, 0.1) is 12.8 Å². The normalized spacial score (nSPS) is 16.0. The zero-order valence-electron chi connectivity index (χ0n) is 17.2. The molecule has 1 aromatic carbocycles. The van der Waals surface area contributed by atoms with Gasteiger partial charge in [-0.05, 0) is 43.9 Å². The van der Waals surface area contributed by atoms with Crippen LogP contribution in [0.2, 0.25) is 0 Å². The van der Waals surface area contributed by atoms with Gasteiger partial charge in [0.2, 0.25) is 5.91 Å². The summed E-state index contributed by atoms with van der Waals surface area (Å²) in [5.41, 5.74) is 12.0. The van der Waals surface area contributed by atoms with Gasteiger partial charge in [-0.25, -0.2) is 4.98 Å². The van der Waals surface area contributed by atoms with Gasteiger partial charge in [-0.15, -0.1) is 0 Å². The number of hydrogen-bond acceptors (Lipinski definition) is 5. The lowest BCUT2D eigenvalue weighted by Crippen LogP contribution is -2.42. The second kappa shape index (κ2) is 7.40. The summed E-state index contributed by atoms with van der Waals surface area (Å²) in [6.45, 7) is 5.11. The minimum absolute atomic E-state index is 0.146. The molecule has 150 valence electrons. The van der Waals surface area contributed by atoms with E-state index >= 15 is 0 Å². The van der Waals surface area contributed by atoms with Crippen molar-refractivity contribution >= 4 is 11.7 Å². The van der Waals surface area contributed by atoms with Crippen LogP contribution in [0.25, 0.3) is 11.1 Å². The predicted octanol–water partition coefficient (Wildman–Crippen LogP) is 3.51. The van der Waals surface area contributed by atoms with Gasteiger partial charge in [-0.1, -0.05) is 12.5 Å². The van der Waals surface area contributed by atoms with Gasteiger partial charge in [-0.2, -0.15) is 5.26 Å². The van der Waals surface area contributed by atoms with Crippen LogP contribution >= 0.6 is 0 Å². The number of nitrogens with two attached hydrogens (primary N) is 1. The van der Waals surface area contributed by atoms with Crippen molar-refractivity contribution in [1.29, 1.82) is 5.26 Å². The van der Waals surface area contributed by atoms with Gasteiger partial charge in [0.1, 0.15) is 23.2 Å². The molecule has 1 saturated carbocycles. The molecule has 1 fully saturated rings. The zero-order valence-corrected chi connectivity index (χ0v) is 17.2. The SMILES string of the molecule is COc1c(C)cc(C)cc1-c1c(C#N)c(N)nc2c1CN(C(=O)C1CCC1)CC2. The highest BCUT2D eigenvalue weighted by atomic mass is 16.5. The van der Waals surface area contributed by atoms with E-state index in [0.717, 1.165) is 58.5 Å². The van der Waals surface area contributed by atoms with E-state index in [0.29, 0.717) is 25.1 Å². The number of nitrogens with zero attached hydrogens (tertiary/aromatic N) is 3. The molecule has 2 N–H and O–H groups in total. The molecular weight excluding hydrogens is 364 g/mol. The van der Waals surface area contributed by atoms with E-state index in [2.05, 4.69) is 17.1 Å². The van der Waals surface area contributed by atoms with Crippen molar-refractivity contribution in [1.82, 2.24) is 9.88 Å². The number of nitriles is 1. The summed E-state index contributed by atoms with van der Waals surface area (Å²) in [6, 6.07) is 6.32. The van der Waals surface area contributed by atoms with E-state index < -0.39 is 0 Å². The third kappa shape index (κ3) is 3.21. The summed E-state index contributed by atoms with van der Waals surface area (Å²) in [5.74, 6) is 1.33. The number of ether oxygens (including phenoxy) is 1. The van der Waals surface area contributed by atoms with E-state index in [1.54, 1.807) is 7.11 Å². The van der Waals surface area contributed by atoms with Crippen LogP contribution in [0.15, 0.2) is 12.1 Å². The Balaban J connectivity index is 1.90. The number of carbonyl (C=O) groups is 1. The molecule has 2 aromatic rings. The van der Waals surface area contributed by atoms with Crippen LogP contribution in [0.4, 0.5) is 5.82 Å². The molecule has 1 aromatic heterocycles. The van der Waals surface area contributed by atoms with Gasteiger partial charge in [0.25, 0.3) is 0 Å². The molecule has 0 radical (unpaired) electrons. The molecule has 1 aliphatic carbocycles. The van der Waals surface area contributed by atoms with Crippen LogP contribution in [0.3, 0.4) is 0 Å². The number of fused-ring (bicyclic) bond motifs is 1. The molecule has 2 heterocycles. The van der Waals surface area contributed by atoms with E-state index in [1.807, 2.05) is 24.8 Å². The monoisotopic (exact) mass is 390 g/mol. The maximum atomic E-state index is 12.9. The summed E-state index contributed by atoms with van der Waals surface area (Å²) in [6.07, 6.45) is 3.72. The minimum Gasteiger partial charge on any atom is -0.496 e. The van der Waals surface area contributed by atoms with Gasteiger partial charge < -0.3 is 15.4 Å². The summed E-state index contributed by atoms with van der Waals surface area (Å²) in [7, 11) is 1.64.